The average Bonchev–Trinajstić information content (AvgIpc) is 2.97. The first-order valence-corrected chi connectivity index (χ1v) is 8.10. The van der Waals surface area contributed by atoms with Gasteiger partial charge in [0.05, 0.1) is 31.5 Å². The van der Waals surface area contributed by atoms with Crippen LogP contribution >= 0.6 is 0 Å². The Labute approximate surface area is 149 Å². The molecule has 0 fully saturated rings. The van der Waals surface area contributed by atoms with Gasteiger partial charge in [-0.15, -0.1) is 0 Å². The predicted molar refractivity (Wildman–Crippen MR) is 93.7 cm³/mol. The van der Waals surface area contributed by atoms with Gasteiger partial charge in [-0.1, -0.05) is 12.1 Å². The minimum atomic E-state index is -1.08. The number of ether oxygens (including phenoxy) is 2. The largest absolute Gasteiger partial charge is 0.477 e. The van der Waals surface area contributed by atoms with Crippen LogP contribution in [0.2, 0.25) is 0 Å². The van der Waals surface area contributed by atoms with E-state index < -0.39 is 5.97 Å². The number of nitrogens with zero attached hydrogens (tertiary/aromatic N) is 2. The highest BCUT2D eigenvalue weighted by Crippen LogP contribution is 2.24. The first-order chi connectivity index (χ1) is 12.6. The van der Waals surface area contributed by atoms with Crippen LogP contribution in [0, 0.1) is 5.82 Å². The van der Waals surface area contributed by atoms with Gasteiger partial charge in [-0.2, -0.15) is 0 Å². The Morgan fingerprint density at radius 2 is 2.04 bits per heavy atom. The molecule has 2 heterocycles. The summed E-state index contributed by atoms with van der Waals surface area (Å²) < 4.78 is 25.6. The third-order valence-electron chi connectivity index (χ3n) is 4.02. The van der Waals surface area contributed by atoms with Crippen molar-refractivity contribution in [3.8, 4) is 0 Å². The van der Waals surface area contributed by atoms with E-state index in [-0.39, 0.29) is 11.5 Å². The minimum absolute atomic E-state index is 0.0184. The van der Waals surface area contributed by atoms with Crippen LogP contribution in [0.4, 0.5) is 4.39 Å². The lowest BCUT2D eigenvalue weighted by Gasteiger charge is -2.05. The van der Waals surface area contributed by atoms with Gasteiger partial charge in [-0.25, -0.2) is 14.2 Å². The number of halogens is 1. The number of rotatable bonds is 8. The summed E-state index contributed by atoms with van der Waals surface area (Å²) in [6.45, 7) is 1.77. The fraction of sp³-hybridized carbons (Fsp3) is 0.263. The molecule has 0 bridgehead atoms. The summed E-state index contributed by atoms with van der Waals surface area (Å²) >= 11 is 0. The summed E-state index contributed by atoms with van der Waals surface area (Å²) in [4.78, 5) is 15.2. The molecule has 0 radical (unpaired) electrons. The number of carbonyl (C=O) groups is 1. The van der Waals surface area contributed by atoms with Crippen LogP contribution in [-0.4, -0.2) is 41.0 Å². The van der Waals surface area contributed by atoms with Crippen molar-refractivity contribution in [3.63, 3.8) is 0 Å². The van der Waals surface area contributed by atoms with Gasteiger partial charge in [0, 0.05) is 30.8 Å². The number of carboxylic acid groups (broad SMARTS) is 1. The number of hydrogen-bond donors (Lipinski definition) is 1. The van der Waals surface area contributed by atoms with E-state index in [1.165, 1.54) is 12.1 Å². The highest BCUT2D eigenvalue weighted by molar-refractivity contribution is 5.92. The predicted octanol–water partition coefficient (Wildman–Crippen LogP) is 3.08. The Morgan fingerprint density at radius 1 is 1.27 bits per heavy atom. The molecule has 2 aromatic heterocycles. The van der Waals surface area contributed by atoms with E-state index in [0.717, 1.165) is 22.0 Å². The number of hydrogen-bond acceptors (Lipinski definition) is 4. The molecule has 0 amide bonds. The van der Waals surface area contributed by atoms with Crippen LogP contribution in [0.5, 0.6) is 0 Å². The molecule has 26 heavy (non-hydrogen) atoms. The number of fused-ring (bicyclic) bond motifs is 1. The van der Waals surface area contributed by atoms with Crippen LogP contribution in [0.1, 0.15) is 21.6 Å². The third-order valence-corrected chi connectivity index (χ3v) is 4.02. The van der Waals surface area contributed by atoms with Crippen molar-refractivity contribution in [1.82, 2.24) is 9.55 Å². The first kappa shape index (κ1) is 18.0. The summed E-state index contributed by atoms with van der Waals surface area (Å²) in [5.41, 5.74) is 2.57. The lowest BCUT2D eigenvalue weighted by molar-refractivity contribution is 0.0621. The van der Waals surface area contributed by atoms with Crippen LogP contribution < -0.4 is 0 Å². The fourth-order valence-corrected chi connectivity index (χ4v) is 2.74. The van der Waals surface area contributed by atoms with E-state index in [2.05, 4.69) is 4.98 Å². The highest BCUT2D eigenvalue weighted by Gasteiger charge is 2.13. The molecule has 1 N–H and O–H groups in total. The van der Waals surface area contributed by atoms with Crippen LogP contribution in [-0.2, 0) is 22.6 Å². The summed E-state index contributed by atoms with van der Waals surface area (Å²) in [7, 11) is 1.60. The molecule has 6 nitrogen and oxygen atoms in total. The van der Waals surface area contributed by atoms with Crippen molar-refractivity contribution in [2.45, 2.75) is 13.2 Å². The van der Waals surface area contributed by atoms with Crippen LogP contribution in [0.25, 0.3) is 10.9 Å². The monoisotopic (exact) mass is 358 g/mol. The molecule has 0 atom stereocenters. The highest BCUT2D eigenvalue weighted by atomic mass is 19.1. The van der Waals surface area contributed by atoms with Crippen molar-refractivity contribution in [2.75, 3.05) is 20.3 Å². The summed E-state index contributed by atoms with van der Waals surface area (Å²) in [5, 5.41) is 9.97. The molecular formula is C19H19FN2O4. The third kappa shape index (κ3) is 4.07. The van der Waals surface area contributed by atoms with E-state index in [4.69, 9.17) is 9.47 Å². The van der Waals surface area contributed by atoms with Crippen molar-refractivity contribution < 1.29 is 23.8 Å². The molecular weight excluding hydrogens is 339 g/mol. The molecule has 3 rings (SSSR count). The molecule has 0 spiro atoms. The number of pyridine rings is 1. The maximum absolute atomic E-state index is 13.1. The smallest absolute Gasteiger partial charge is 0.354 e. The summed E-state index contributed by atoms with van der Waals surface area (Å²) in [6, 6.07) is 7.81. The lowest BCUT2D eigenvalue weighted by Crippen LogP contribution is -2.02. The number of carboxylic acids is 1. The zero-order valence-corrected chi connectivity index (χ0v) is 14.3. The Hall–Kier alpha value is -2.77. The van der Waals surface area contributed by atoms with E-state index in [1.807, 2.05) is 10.8 Å². The topological polar surface area (TPSA) is 73.6 Å². The Balaban J connectivity index is 1.94. The molecule has 0 aliphatic carbocycles. The second-order valence-electron chi connectivity index (χ2n) is 5.85. The summed E-state index contributed by atoms with van der Waals surface area (Å²) in [5.74, 6) is -1.37. The van der Waals surface area contributed by atoms with Gasteiger partial charge >= 0.3 is 5.97 Å². The molecule has 136 valence electrons. The fourth-order valence-electron chi connectivity index (χ4n) is 2.74. The maximum Gasteiger partial charge on any atom is 0.354 e. The van der Waals surface area contributed by atoms with Crippen molar-refractivity contribution in [1.29, 1.82) is 0 Å². The van der Waals surface area contributed by atoms with Gasteiger partial charge in [0.1, 0.15) is 11.5 Å². The van der Waals surface area contributed by atoms with Crippen molar-refractivity contribution in [2.24, 2.45) is 0 Å². The molecule has 0 saturated carbocycles. The second kappa shape index (κ2) is 8.07. The minimum Gasteiger partial charge on any atom is -0.477 e. The Morgan fingerprint density at radius 3 is 2.73 bits per heavy atom. The Bertz CT molecular complexity index is 906. The van der Waals surface area contributed by atoms with Gasteiger partial charge in [0.15, 0.2) is 0 Å². The molecule has 7 heteroatoms. The number of aromatic carboxylic acids is 1. The van der Waals surface area contributed by atoms with Gasteiger partial charge in [-0.05, 0) is 23.8 Å². The standard InChI is InChI=1S/C19H19FN2O4/c1-25-6-7-26-12-14-11-22(10-13-2-4-15(20)5-3-13)18-9-21-17(19(23)24)8-16(14)18/h2-5,8-9,11H,6-7,10,12H2,1H3,(H,23,24). The molecule has 1 aromatic carbocycles. The van der Waals surface area contributed by atoms with E-state index in [0.29, 0.717) is 26.4 Å². The molecule has 0 unspecified atom stereocenters. The van der Waals surface area contributed by atoms with Gasteiger partial charge in [0.2, 0.25) is 0 Å². The SMILES string of the molecule is COCCOCc1cn(Cc2ccc(F)cc2)c2cnc(C(=O)O)cc12. The Kier molecular flexibility index (Phi) is 5.60. The van der Waals surface area contributed by atoms with Crippen LogP contribution in [0.15, 0.2) is 42.7 Å². The van der Waals surface area contributed by atoms with E-state index in [1.54, 1.807) is 31.5 Å². The average molecular weight is 358 g/mol. The normalized spacial score (nSPS) is 11.2. The lowest BCUT2D eigenvalue weighted by atomic mass is 10.2. The van der Waals surface area contributed by atoms with Gasteiger partial charge in [0.25, 0.3) is 0 Å². The molecule has 0 saturated heterocycles. The van der Waals surface area contributed by atoms with E-state index in [9.17, 15) is 14.3 Å². The van der Waals surface area contributed by atoms with Gasteiger partial charge < -0.3 is 19.1 Å². The zero-order chi connectivity index (χ0) is 18.5. The molecule has 0 aliphatic rings. The number of aromatic nitrogens is 2. The number of benzene rings is 1. The molecule has 3 aromatic rings. The van der Waals surface area contributed by atoms with Crippen molar-refractivity contribution in [3.05, 3.63) is 65.4 Å². The van der Waals surface area contributed by atoms with E-state index >= 15 is 0 Å². The first-order valence-electron chi connectivity index (χ1n) is 8.10. The maximum atomic E-state index is 13.1. The summed E-state index contributed by atoms with van der Waals surface area (Å²) in [6.07, 6.45) is 3.45. The van der Waals surface area contributed by atoms with Gasteiger partial charge in [-0.3, -0.25) is 0 Å². The second-order valence-corrected chi connectivity index (χ2v) is 5.85. The number of methoxy groups -OCH3 is 1. The quantitative estimate of drug-likeness (QED) is 0.627. The zero-order valence-electron chi connectivity index (χ0n) is 14.3. The molecule has 0 aliphatic heterocycles. The van der Waals surface area contributed by atoms with Crippen LogP contribution in [0.3, 0.4) is 0 Å². The van der Waals surface area contributed by atoms with Crippen molar-refractivity contribution >= 4 is 16.9 Å².